The van der Waals surface area contributed by atoms with E-state index in [0.717, 1.165) is 36.8 Å². The van der Waals surface area contributed by atoms with Crippen LogP contribution >= 0.6 is 32.9 Å². The van der Waals surface area contributed by atoms with Crippen molar-refractivity contribution in [1.82, 2.24) is 0 Å². The molecule has 29 heavy (non-hydrogen) atoms. The first-order chi connectivity index (χ1) is 13.8. The van der Waals surface area contributed by atoms with Crippen LogP contribution in [0.1, 0.15) is 24.3 Å². The highest BCUT2D eigenvalue weighted by atomic mass is 32.9. The lowest BCUT2D eigenvalue weighted by Gasteiger charge is -2.43. The van der Waals surface area contributed by atoms with Crippen molar-refractivity contribution in [3.63, 3.8) is 0 Å². The molecular formula is C22H21NO3S3. The molecule has 150 valence electrons. The molecule has 4 rings (SSSR count). The lowest BCUT2D eigenvalue weighted by molar-refractivity contribution is -0.121. The number of hydrogen-bond acceptors (Lipinski definition) is 6. The van der Waals surface area contributed by atoms with Crippen molar-refractivity contribution in [2.24, 2.45) is 0 Å². The Labute approximate surface area is 182 Å². The van der Waals surface area contributed by atoms with E-state index in [1.807, 2.05) is 29.2 Å². The van der Waals surface area contributed by atoms with E-state index in [1.165, 1.54) is 0 Å². The Morgan fingerprint density at radius 3 is 2.48 bits per heavy atom. The zero-order chi connectivity index (χ0) is 20.8. The smallest absolute Gasteiger partial charge is 0.265 e. The van der Waals surface area contributed by atoms with Gasteiger partial charge < -0.3 is 9.47 Å². The molecule has 0 unspecified atom stereocenters. The van der Waals surface area contributed by atoms with Gasteiger partial charge in [0.2, 0.25) is 0 Å². The zero-order valence-electron chi connectivity index (χ0n) is 16.6. The minimum Gasteiger partial charge on any atom is -0.497 e. The second kappa shape index (κ2) is 7.55. The maximum atomic E-state index is 13.3. The molecule has 4 nitrogen and oxygen atoms in total. The van der Waals surface area contributed by atoms with Crippen molar-refractivity contribution in [3.8, 4) is 22.6 Å². The van der Waals surface area contributed by atoms with Crippen molar-refractivity contribution in [1.29, 1.82) is 0 Å². The largest absolute Gasteiger partial charge is 0.497 e. The molecule has 3 aromatic rings. The van der Waals surface area contributed by atoms with Crippen LogP contribution < -0.4 is 14.4 Å². The van der Waals surface area contributed by atoms with Crippen LogP contribution in [-0.2, 0) is 10.3 Å². The van der Waals surface area contributed by atoms with Gasteiger partial charge in [-0.15, -0.1) is 0 Å². The van der Waals surface area contributed by atoms with Crippen LogP contribution in [0.2, 0.25) is 0 Å². The van der Waals surface area contributed by atoms with Gasteiger partial charge in [0.1, 0.15) is 15.3 Å². The van der Waals surface area contributed by atoms with Crippen LogP contribution in [0.3, 0.4) is 0 Å². The molecule has 7 heteroatoms. The van der Waals surface area contributed by atoms with Gasteiger partial charge in [0.15, 0.2) is 6.61 Å². The molecule has 2 aromatic carbocycles. The molecule has 0 radical (unpaired) electrons. The number of methoxy groups -OCH3 is 1. The van der Waals surface area contributed by atoms with Gasteiger partial charge in [0.25, 0.3) is 5.91 Å². The predicted molar refractivity (Wildman–Crippen MR) is 122 cm³/mol. The number of amides is 1. The average molecular weight is 444 g/mol. The number of ether oxygens (including phenoxy) is 2. The number of anilines is 1. The average Bonchev–Trinajstić information content (AvgIpc) is 3.10. The summed E-state index contributed by atoms with van der Waals surface area (Å²) < 4.78 is 11.8. The van der Waals surface area contributed by atoms with Crippen molar-refractivity contribution >= 4 is 44.5 Å². The number of benzene rings is 2. The molecule has 0 saturated heterocycles. The molecule has 0 spiro atoms. The molecule has 0 saturated carbocycles. The highest BCUT2D eigenvalue weighted by Gasteiger charge is 2.43. The van der Waals surface area contributed by atoms with Crippen molar-refractivity contribution in [3.05, 3.63) is 56.7 Å². The minimum atomic E-state index is -0.504. The van der Waals surface area contributed by atoms with Crippen molar-refractivity contribution in [2.45, 2.75) is 26.3 Å². The Hall–Kier alpha value is -2.22. The number of carbonyl (C=O) groups is 1. The Balaban J connectivity index is 1.69. The minimum absolute atomic E-state index is 0.0477. The summed E-state index contributed by atoms with van der Waals surface area (Å²) in [5.74, 6) is 1.28. The SMILES string of the molecule is COc1ccc(OCC(=O)N2c3ccc(C)cc3-c3c(ssc3=S)C2(C)C)cc1. The molecule has 0 N–H and O–H groups in total. The van der Waals surface area contributed by atoms with E-state index in [-0.39, 0.29) is 12.5 Å². The molecule has 0 fully saturated rings. The molecule has 1 aromatic heterocycles. The maximum absolute atomic E-state index is 13.3. The van der Waals surface area contributed by atoms with E-state index in [0.29, 0.717) is 5.75 Å². The van der Waals surface area contributed by atoms with Gasteiger partial charge in [0.05, 0.1) is 23.2 Å². The fraction of sp³-hybridized carbons (Fsp3) is 0.273. The van der Waals surface area contributed by atoms with Gasteiger partial charge in [-0.1, -0.05) is 44.5 Å². The number of hydrogen-bond donors (Lipinski definition) is 0. The van der Waals surface area contributed by atoms with Gasteiger partial charge in [-0.2, -0.15) is 0 Å². The second-order valence-electron chi connectivity index (χ2n) is 7.43. The monoisotopic (exact) mass is 443 g/mol. The van der Waals surface area contributed by atoms with Gasteiger partial charge in [0, 0.05) is 11.1 Å². The van der Waals surface area contributed by atoms with Crippen LogP contribution in [0.4, 0.5) is 5.69 Å². The highest BCUT2D eigenvalue weighted by Crippen LogP contribution is 2.52. The molecule has 1 amide bonds. The van der Waals surface area contributed by atoms with Gasteiger partial charge in [-0.3, -0.25) is 9.69 Å². The summed E-state index contributed by atoms with van der Waals surface area (Å²) >= 11 is 5.62. The van der Waals surface area contributed by atoms with Gasteiger partial charge in [-0.25, -0.2) is 0 Å². The summed E-state index contributed by atoms with van der Waals surface area (Å²) in [5.41, 5.74) is 3.64. The molecule has 1 aliphatic rings. The molecule has 2 heterocycles. The van der Waals surface area contributed by atoms with E-state index in [4.69, 9.17) is 21.7 Å². The van der Waals surface area contributed by atoms with Crippen molar-refractivity contribution in [2.75, 3.05) is 18.6 Å². The number of aryl methyl sites for hydroxylation is 1. The molecule has 0 bridgehead atoms. The summed E-state index contributed by atoms with van der Waals surface area (Å²) in [6.45, 7) is 6.14. The first-order valence-electron chi connectivity index (χ1n) is 9.17. The number of fused-ring (bicyclic) bond motifs is 3. The van der Waals surface area contributed by atoms with Crippen LogP contribution in [-0.4, -0.2) is 19.6 Å². The topological polar surface area (TPSA) is 38.8 Å². The fourth-order valence-electron chi connectivity index (χ4n) is 3.67. The summed E-state index contributed by atoms with van der Waals surface area (Å²) in [7, 11) is 4.87. The van der Waals surface area contributed by atoms with Crippen molar-refractivity contribution < 1.29 is 14.3 Å². The second-order valence-corrected chi connectivity index (χ2v) is 10.2. The van der Waals surface area contributed by atoms with Gasteiger partial charge in [-0.05, 0) is 57.2 Å². The quantitative estimate of drug-likeness (QED) is 0.356. The number of carbonyl (C=O) groups excluding carboxylic acids is 1. The zero-order valence-corrected chi connectivity index (χ0v) is 19.1. The number of nitrogens with zero attached hydrogens (tertiary/aromatic N) is 1. The third-order valence-corrected chi connectivity index (χ3v) is 8.41. The van der Waals surface area contributed by atoms with E-state index in [2.05, 4.69) is 26.8 Å². The maximum Gasteiger partial charge on any atom is 0.265 e. The fourth-order valence-corrected chi connectivity index (χ4v) is 6.95. The third kappa shape index (κ3) is 3.47. The Morgan fingerprint density at radius 2 is 1.79 bits per heavy atom. The van der Waals surface area contributed by atoms with E-state index >= 15 is 0 Å². The van der Waals surface area contributed by atoms with E-state index in [9.17, 15) is 4.79 Å². The number of rotatable bonds is 4. The van der Waals surface area contributed by atoms with E-state index < -0.39 is 5.54 Å². The molecule has 0 aliphatic carbocycles. The molecule has 0 atom stereocenters. The molecule has 1 aliphatic heterocycles. The standard InChI is InChI=1S/C22H21NO3S3/c1-13-5-10-17-16(11-13)19-20(28-29-21(19)27)22(2,3)23(17)18(24)12-26-15-8-6-14(25-4)7-9-15/h5-11H,12H2,1-4H3. The van der Waals surface area contributed by atoms with Crippen LogP contribution in [0.5, 0.6) is 11.5 Å². The summed E-state index contributed by atoms with van der Waals surface area (Å²) in [6, 6.07) is 13.4. The van der Waals surface area contributed by atoms with Crippen LogP contribution in [0.15, 0.2) is 42.5 Å². The Morgan fingerprint density at radius 1 is 1.10 bits per heavy atom. The van der Waals surface area contributed by atoms with E-state index in [1.54, 1.807) is 39.9 Å². The Kier molecular flexibility index (Phi) is 5.23. The lowest BCUT2D eigenvalue weighted by atomic mass is 9.87. The summed E-state index contributed by atoms with van der Waals surface area (Å²) in [4.78, 5) is 16.3. The van der Waals surface area contributed by atoms with Crippen LogP contribution in [0.25, 0.3) is 11.1 Å². The summed E-state index contributed by atoms with van der Waals surface area (Å²) in [5, 5.41) is 0. The molecular weight excluding hydrogens is 422 g/mol. The normalized spacial score (nSPS) is 14.1. The first-order valence-corrected chi connectivity index (χ1v) is 11.7. The Bertz CT molecular complexity index is 1130. The third-order valence-electron chi connectivity index (χ3n) is 5.08. The van der Waals surface area contributed by atoms with Crippen LogP contribution in [0, 0.1) is 10.7 Å². The van der Waals surface area contributed by atoms with Gasteiger partial charge >= 0.3 is 0 Å². The first kappa shape index (κ1) is 20.1. The predicted octanol–water partition coefficient (Wildman–Crippen LogP) is 6.18. The lowest BCUT2D eigenvalue weighted by Crippen LogP contribution is -2.49. The highest BCUT2D eigenvalue weighted by molar-refractivity contribution is 7.80. The summed E-state index contributed by atoms with van der Waals surface area (Å²) in [6.07, 6.45) is 0.